The third-order valence-corrected chi connectivity index (χ3v) is 2.35. The minimum atomic E-state index is -1.07. The van der Waals surface area contributed by atoms with Crippen LogP contribution in [0.1, 0.15) is 19.4 Å². The van der Waals surface area contributed by atoms with Crippen LogP contribution in [0.4, 0.5) is 0 Å². The van der Waals surface area contributed by atoms with Crippen LogP contribution in [0.25, 0.3) is 6.08 Å². The number of benzene rings is 1. The molecule has 5 heteroatoms. The average Bonchev–Trinajstić information content (AvgIpc) is 2.38. The van der Waals surface area contributed by atoms with E-state index in [0.717, 1.165) is 11.3 Å². The van der Waals surface area contributed by atoms with Gasteiger partial charge < -0.3 is 15.2 Å². The van der Waals surface area contributed by atoms with Crippen LogP contribution in [0.2, 0.25) is 0 Å². The Labute approximate surface area is 111 Å². The largest absolute Gasteiger partial charge is 0.494 e. The van der Waals surface area contributed by atoms with E-state index in [1.807, 2.05) is 19.1 Å². The Morgan fingerprint density at radius 2 is 2.00 bits per heavy atom. The van der Waals surface area contributed by atoms with Crippen LogP contribution in [0.3, 0.4) is 0 Å². The maximum absolute atomic E-state index is 11.4. The first-order chi connectivity index (χ1) is 9.02. The summed E-state index contributed by atoms with van der Waals surface area (Å²) in [4.78, 5) is 22.0. The summed E-state index contributed by atoms with van der Waals surface area (Å²) in [6.45, 7) is 3.91. The van der Waals surface area contributed by atoms with Crippen LogP contribution in [0.15, 0.2) is 30.3 Å². The Balaban J connectivity index is 2.56. The molecule has 2 N–H and O–H groups in total. The van der Waals surface area contributed by atoms with E-state index in [4.69, 9.17) is 9.84 Å². The number of nitrogens with one attached hydrogen (secondary N) is 1. The summed E-state index contributed by atoms with van der Waals surface area (Å²) >= 11 is 0. The summed E-state index contributed by atoms with van der Waals surface area (Å²) in [5.41, 5.74) is 0.835. The van der Waals surface area contributed by atoms with Gasteiger partial charge in [0.15, 0.2) is 0 Å². The number of aliphatic carboxylic acids is 1. The van der Waals surface area contributed by atoms with Gasteiger partial charge in [0, 0.05) is 6.08 Å². The molecule has 1 rings (SSSR count). The second-order valence-electron chi connectivity index (χ2n) is 3.90. The molecule has 0 fully saturated rings. The molecule has 0 spiro atoms. The van der Waals surface area contributed by atoms with Crippen LogP contribution >= 0.6 is 0 Å². The number of carbonyl (C=O) groups is 2. The molecule has 1 amide bonds. The highest BCUT2D eigenvalue weighted by atomic mass is 16.5. The van der Waals surface area contributed by atoms with E-state index in [1.165, 1.54) is 13.0 Å². The molecule has 19 heavy (non-hydrogen) atoms. The molecule has 1 atom stereocenters. The molecule has 1 aromatic rings. The lowest BCUT2D eigenvalue weighted by molar-refractivity contribution is -0.140. The Kier molecular flexibility index (Phi) is 5.60. The molecule has 0 heterocycles. The molecule has 0 aliphatic rings. The fourth-order valence-electron chi connectivity index (χ4n) is 1.34. The van der Waals surface area contributed by atoms with E-state index in [9.17, 15) is 9.59 Å². The number of amides is 1. The first-order valence-electron chi connectivity index (χ1n) is 5.97. The average molecular weight is 263 g/mol. The van der Waals surface area contributed by atoms with Crippen molar-refractivity contribution in [3.05, 3.63) is 35.9 Å². The summed E-state index contributed by atoms with van der Waals surface area (Å²) < 4.78 is 5.30. The third-order valence-electron chi connectivity index (χ3n) is 2.35. The first kappa shape index (κ1) is 14.8. The lowest BCUT2D eigenvalue weighted by atomic mass is 10.2. The zero-order valence-corrected chi connectivity index (χ0v) is 10.9. The monoisotopic (exact) mass is 263 g/mol. The van der Waals surface area contributed by atoms with Crippen molar-refractivity contribution in [2.45, 2.75) is 19.9 Å². The summed E-state index contributed by atoms with van der Waals surface area (Å²) in [7, 11) is 0. The molecule has 5 nitrogen and oxygen atoms in total. The molecular formula is C14H17NO4. The van der Waals surface area contributed by atoms with E-state index in [0.29, 0.717) is 6.61 Å². The van der Waals surface area contributed by atoms with Gasteiger partial charge in [0.2, 0.25) is 5.91 Å². The Hall–Kier alpha value is -2.30. The van der Waals surface area contributed by atoms with Crippen molar-refractivity contribution in [3.8, 4) is 5.75 Å². The molecule has 0 saturated carbocycles. The Morgan fingerprint density at radius 1 is 1.37 bits per heavy atom. The number of ether oxygens (including phenoxy) is 1. The number of carbonyl (C=O) groups excluding carboxylic acids is 1. The summed E-state index contributed by atoms with van der Waals surface area (Å²) in [5.74, 6) is -0.741. The minimum Gasteiger partial charge on any atom is -0.494 e. The zero-order valence-electron chi connectivity index (χ0n) is 10.9. The highest BCUT2D eigenvalue weighted by Crippen LogP contribution is 2.12. The van der Waals surface area contributed by atoms with Gasteiger partial charge in [0.1, 0.15) is 11.8 Å². The van der Waals surface area contributed by atoms with Crippen molar-refractivity contribution in [1.29, 1.82) is 0 Å². The number of carboxylic acid groups (broad SMARTS) is 1. The molecule has 0 aromatic heterocycles. The van der Waals surface area contributed by atoms with Gasteiger partial charge in [0.25, 0.3) is 0 Å². The SMILES string of the molecule is CCOc1ccc(/C=C\C(=O)N[C@@H](C)C(=O)O)cc1. The lowest BCUT2D eigenvalue weighted by Crippen LogP contribution is -2.37. The molecule has 0 aliphatic heterocycles. The maximum atomic E-state index is 11.4. The van der Waals surface area contributed by atoms with Gasteiger partial charge in [-0.25, -0.2) is 0 Å². The molecular weight excluding hydrogens is 246 g/mol. The van der Waals surface area contributed by atoms with Crippen molar-refractivity contribution in [3.63, 3.8) is 0 Å². The fourth-order valence-corrected chi connectivity index (χ4v) is 1.34. The van der Waals surface area contributed by atoms with Crippen molar-refractivity contribution in [1.82, 2.24) is 5.32 Å². The molecule has 0 radical (unpaired) electrons. The second kappa shape index (κ2) is 7.20. The van der Waals surface area contributed by atoms with Crippen molar-refractivity contribution in [2.75, 3.05) is 6.61 Å². The standard InChI is InChI=1S/C14H17NO4/c1-3-19-12-7-4-11(5-8-12)6-9-13(16)15-10(2)14(17)18/h4-10H,3H2,1-2H3,(H,15,16)(H,17,18)/b9-6-/t10-/m0/s1. The molecule has 102 valence electrons. The number of hydrogen-bond donors (Lipinski definition) is 2. The highest BCUT2D eigenvalue weighted by Gasteiger charge is 2.11. The van der Waals surface area contributed by atoms with Crippen molar-refractivity contribution in [2.24, 2.45) is 0 Å². The molecule has 0 aliphatic carbocycles. The van der Waals surface area contributed by atoms with Crippen LogP contribution in [-0.4, -0.2) is 29.6 Å². The van der Waals surface area contributed by atoms with E-state index >= 15 is 0 Å². The van der Waals surface area contributed by atoms with Gasteiger partial charge in [-0.1, -0.05) is 12.1 Å². The minimum absolute atomic E-state index is 0.441. The van der Waals surface area contributed by atoms with Gasteiger partial charge in [-0.05, 0) is 37.6 Å². The van der Waals surface area contributed by atoms with Crippen molar-refractivity contribution < 1.29 is 19.4 Å². The number of rotatable bonds is 6. The number of hydrogen-bond acceptors (Lipinski definition) is 3. The summed E-state index contributed by atoms with van der Waals surface area (Å²) in [6.07, 6.45) is 2.91. The number of carboxylic acids is 1. The maximum Gasteiger partial charge on any atom is 0.325 e. The first-order valence-corrected chi connectivity index (χ1v) is 5.97. The Bertz CT molecular complexity index is 465. The second-order valence-corrected chi connectivity index (χ2v) is 3.90. The summed E-state index contributed by atoms with van der Waals surface area (Å²) in [5, 5.41) is 11.0. The van der Waals surface area contributed by atoms with Crippen LogP contribution in [-0.2, 0) is 9.59 Å². The topological polar surface area (TPSA) is 75.6 Å². The Morgan fingerprint density at radius 3 is 2.53 bits per heavy atom. The van der Waals surface area contributed by atoms with Gasteiger partial charge in [-0.15, -0.1) is 0 Å². The van der Waals surface area contributed by atoms with Crippen LogP contribution < -0.4 is 10.1 Å². The molecule has 0 unspecified atom stereocenters. The van der Waals surface area contributed by atoms with Crippen LogP contribution in [0, 0.1) is 0 Å². The highest BCUT2D eigenvalue weighted by molar-refractivity contribution is 5.94. The van der Waals surface area contributed by atoms with Crippen molar-refractivity contribution >= 4 is 18.0 Å². The van der Waals surface area contributed by atoms with Gasteiger partial charge >= 0.3 is 5.97 Å². The zero-order chi connectivity index (χ0) is 14.3. The normalized spacial score (nSPS) is 12.1. The molecule has 0 saturated heterocycles. The van der Waals surface area contributed by atoms with Gasteiger partial charge in [-0.2, -0.15) is 0 Å². The molecule has 0 bridgehead atoms. The predicted molar refractivity (Wildman–Crippen MR) is 71.9 cm³/mol. The van der Waals surface area contributed by atoms with E-state index in [1.54, 1.807) is 18.2 Å². The smallest absolute Gasteiger partial charge is 0.325 e. The van der Waals surface area contributed by atoms with Gasteiger partial charge in [0.05, 0.1) is 6.61 Å². The lowest BCUT2D eigenvalue weighted by Gasteiger charge is -2.06. The van der Waals surface area contributed by atoms with E-state index in [2.05, 4.69) is 5.32 Å². The summed E-state index contributed by atoms with van der Waals surface area (Å²) in [6, 6.07) is 6.34. The van der Waals surface area contributed by atoms with Crippen LogP contribution in [0.5, 0.6) is 5.75 Å². The quantitative estimate of drug-likeness (QED) is 0.766. The third kappa shape index (κ3) is 5.25. The fraction of sp³-hybridized carbons (Fsp3) is 0.286. The molecule has 1 aromatic carbocycles. The van der Waals surface area contributed by atoms with E-state index in [-0.39, 0.29) is 0 Å². The predicted octanol–water partition coefficient (Wildman–Crippen LogP) is 1.69. The van der Waals surface area contributed by atoms with E-state index < -0.39 is 17.9 Å². The van der Waals surface area contributed by atoms with Gasteiger partial charge in [-0.3, -0.25) is 9.59 Å².